The van der Waals surface area contributed by atoms with E-state index in [4.69, 9.17) is 4.42 Å². The number of carbonyl (C=O) groups is 1. The quantitative estimate of drug-likeness (QED) is 0.862. The third kappa shape index (κ3) is 1.68. The predicted octanol–water partition coefficient (Wildman–Crippen LogP) is 2.03. The number of hydrogen-bond donors (Lipinski definition) is 1. The van der Waals surface area contributed by atoms with E-state index in [2.05, 4.69) is 5.32 Å². The Morgan fingerprint density at radius 2 is 1.95 bits per heavy atom. The molecule has 0 spiro atoms. The fraction of sp³-hybridized carbons (Fsp3) is 0.438. The number of fused-ring (bicyclic) bond motifs is 2. The van der Waals surface area contributed by atoms with Crippen molar-refractivity contribution in [2.45, 2.75) is 6.92 Å². The summed E-state index contributed by atoms with van der Waals surface area (Å²) in [6, 6.07) is 7.84. The fourth-order valence-electron chi connectivity index (χ4n) is 3.54. The molecule has 2 fully saturated rings. The molecule has 4 rings (SSSR count). The second-order valence-corrected chi connectivity index (χ2v) is 5.94. The Morgan fingerprint density at radius 3 is 2.65 bits per heavy atom. The lowest BCUT2D eigenvalue weighted by Gasteiger charge is -2.16. The van der Waals surface area contributed by atoms with E-state index in [9.17, 15) is 4.79 Å². The third-order valence-electron chi connectivity index (χ3n) is 4.71. The van der Waals surface area contributed by atoms with Crippen LogP contribution in [0.15, 0.2) is 28.7 Å². The first-order valence-electron chi connectivity index (χ1n) is 7.22. The van der Waals surface area contributed by atoms with E-state index in [-0.39, 0.29) is 5.91 Å². The summed E-state index contributed by atoms with van der Waals surface area (Å²) in [5.41, 5.74) is 1.76. The molecule has 4 heteroatoms. The number of nitrogens with zero attached hydrogens (tertiary/aromatic N) is 1. The van der Waals surface area contributed by atoms with Crippen LogP contribution in [0.5, 0.6) is 0 Å². The minimum Gasteiger partial charge on any atom is -0.451 e. The van der Waals surface area contributed by atoms with E-state index < -0.39 is 0 Å². The molecule has 104 valence electrons. The van der Waals surface area contributed by atoms with Crippen molar-refractivity contribution in [3.63, 3.8) is 0 Å². The standard InChI is InChI=1S/C16H18N2O2/c1-10-13-4-2-3-5-14(13)20-15(10)16(19)18-8-11-6-17-7-12(11)9-18/h2-5,11-12,17H,6-9H2,1H3/t11-,12+. The summed E-state index contributed by atoms with van der Waals surface area (Å²) in [5.74, 6) is 1.79. The van der Waals surface area contributed by atoms with Gasteiger partial charge in [-0.25, -0.2) is 0 Å². The Bertz CT molecular complexity index is 664. The summed E-state index contributed by atoms with van der Waals surface area (Å²) < 4.78 is 5.79. The summed E-state index contributed by atoms with van der Waals surface area (Å²) >= 11 is 0. The smallest absolute Gasteiger partial charge is 0.289 e. The highest BCUT2D eigenvalue weighted by atomic mass is 16.3. The van der Waals surface area contributed by atoms with Gasteiger partial charge in [0.2, 0.25) is 0 Å². The zero-order chi connectivity index (χ0) is 13.7. The van der Waals surface area contributed by atoms with Gasteiger partial charge in [0.05, 0.1) is 0 Å². The number of amides is 1. The molecule has 0 saturated carbocycles. The van der Waals surface area contributed by atoms with Crippen molar-refractivity contribution >= 4 is 16.9 Å². The molecule has 1 N–H and O–H groups in total. The van der Waals surface area contributed by atoms with Crippen LogP contribution >= 0.6 is 0 Å². The zero-order valence-electron chi connectivity index (χ0n) is 11.6. The van der Waals surface area contributed by atoms with Crippen LogP contribution in [0.2, 0.25) is 0 Å². The maximum absolute atomic E-state index is 12.7. The summed E-state index contributed by atoms with van der Waals surface area (Å²) in [6.45, 7) is 5.75. The number of carbonyl (C=O) groups excluding carboxylic acids is 1. The highest BCUT2D eigenvalue weighted by molar-refractivity contribution is 5.99. The molecule has 2 aromatic rings. The van der Waals surface area contributed by atoms with Crippen LogP contribution in [0, 0.1) is 18.8 Å². The van der Waals surface area contributed by atoms with Crippen molar-refractivity contribution in [3.05, 3.63) is 35.6 Å². The maximum Gasteiger partial charge on any atom is 0.289 e. The molecule has 1 amide bonds. The van der Waals surface area contributed by atoms with Crippen molar-refractivity contribution in [1.29, 1.82) is 0 Å². The van der Waals surface area contributed by atoms with Crippen LogP contribution in [0.1, 0.15) is 16.1 Å². The molecule has 0 bridgehead atoms. The van der Waals surface area contributed by atoms with Gasteiger partial charge in [-0.1, -0.05) is 18.2 Å². The molecular formula is C16H18N2O2. The van der Waals surface area contributed by atoms with Crippen LogP contribution in [0.25, 0.3) is 11.0 Å². The first kappa shape index (κ1) is 12.0. The Kier molecular flexibility index (Phi) is 2.60. The maximum atomic E-state index is 12.7. The van der Waals surface area contributed by atoms with Crippen molar-refractivity contribution in [2.75, 3.05) is 26.2 Å². The Morgan fingerprint density at radius 1 is 1.25 bits per heavy atom. The number of hydrogen-bond acceptors (Lipinski definition) is 3. The van der Waals surface area contributed by atoms with E-state index in [1.54, 1.807) is 0 Å². The van der Waals surface area contributed by atoms with Crippen LogP contribution < -0.4 is 5.32 Å². The first-order chi connectivity index (χ1) is 9.74. The zero-order valence-corrected chi connectivity index (χ0v) is 11.6. The second-order valence-electron chi connectivity index (χ2n) is 5.94. The monoisotopic (exact) mass is 270 g/mol. The summed E-state index contributed by atoms with van der Waals surface area (Å²) in [5, 5.41) is 4.43. The van der Waals surface area contributed by atoms with Gasteiger partial charge < -0.3 is 14.6 Å². The first-order valence-corrected chi connectivity index (χ1v) is 7.22. The number of benzene rings is 1. The molecule has 2 saturated heterocycles. The molecule has 2 aliphatic rings. The highest BCUT2D eigenvalue weighted by Crippen LogP contribution is 2.30. The molecule has 1 aromatic heterocycles. The lowest BCUT2D eigenvalue weighted by molar-refractivity contribution is 0.0751. The Balaban J connectivity index is 1.66. The van der Waals surface area contributed by atoms with Crippen molar-refractivity contribution in [1.82, 2.24) is 10.2 Å². The molecule has 0 radical (unpaired) electrons. The van der Waals surface area contributed by atoms with Gasteiger partial charge in [-0.05, 0) is 24.8 Å². The summed E-state index contributed by atoms with van der Waals surface area (Å²) in [7, 11) is 0. The molecule has 2 atom stereocenters. The average Bonchev–Trinajstić information content (AvgIpc) is 3.11. The summed E-state index contributed by atoms with van der Waals surface area (Å²) in [4.78, 5) is 14.6. The van der Waals surface area contributed by atoms with E-state index in [1.165, 1.54) is 0 Å². The van der Waals surface area contributed by atoms with E-state index in [0.29, 0.717) is 17.6 Å². The summed E-state index contributed by atoms with van der Waals surface area (Å²) in [6.07, 6.45) is 0. The Hall–Kier alpha value is -1.81. The second kappa shape index (κ2) is 4.35. The van der Waals surface area contributed by atoms with E-state index in [1.807, 2.05) is 36.1 Å². The van der Waals surface area contributed by atoms with Gasteiger partial charge in [0.25, 0.3) is 5.91 Å². The van der Waals surface area contributed by atoms with Crippen molar-refractivity contribution in [3.8, 4) is 0 Å². The number of aryl methyl sites for hydroxylation is 1. The minimum atomic E-state index is 0.0492. The van der Waals surface area contributed by atoms with Gasteiger partial charge in [0, 0.05) is 37.1 Å². The van der Waals surface area contributed by atoms with Crippen LogP contribution in [-0.4, -0.2) is 37.0 Å². The fourth-order valence-corrected chi connectivity index (χ4v) is 3.54. The number of rotatable bonds is 1. The highest BCUT2D eigenvalue weighted by Gasteiger charge is 2.39. The molecule has 0 aliphatic carbocycles. The lowest BCUT2D eigenvalue weighted by atomic mass is 10.0. The van der Waals surface area contributed by atoms with E-state index >= 15 is 0 Å². The third-order valence-corrected chi connectivity index (χ3v) is 4.71. The predicted molar refractivity (Wildman–Crippen MR) is 76.7 cm³/mol. The molecule has 4 nitrogen and oxygen atoms in total. The minimum absolute atomic E-state index is 0.0492. The molecule has 2 aliphatic heterocycles. The lowest BCUT2D eigenvalue weighted by Crippen LogP contribution is -2.31. The van der Waals surface area contributed by atoms with Gasteiger partial charge >= 0.3 is 0 Å². The number of nitrogens with one attached hydrogen (secondary N) is 1. The van der Waals surface area contributed by atoms with Crippen LogP contribution in [-0.2, 0) is 0 Å². The molecular weight excluding hydrogens is 252 g/mol. The van der Waals surface area contributed by atoms with E-state index in [0.717, 1.165) is 42.7 Å². The largest absolute Gasteiger partial charge is 0.451 e. The molecule has 20 heavy (non-hydrogen) atoms. The molecule has 0 unspecified atom stereocenters. The van der Waals surface area contributed by atoms with Gasteiger partial charge in [0.15, 0.2) is 5.76 Å². The number of furan rings is 1. The van der Waals surface area contributed by atoms with Crippen LogP contribution in [0.3, 0.4) is 0 Å². The van der Waals surface area contributed by atoms with Gasteiger partial charge in [0.1, 0.15) is 5.58 Å². The number of likely N-dealkylation sites (tertiary alicyclic amines) is 1. The molecule has 1 aromatic carbocycles. The van der Waals surface area contributed by atoms with Crippen molar-refractivity contribution in [2.24, 2.45) is 11.8 Å². The van der Waals surface area contributed by atoms with Gasteiger partial charge in [-0.2, -0.15) is 0 Å². The SMILES string of the molecule is Cc1c(C(=O)N2C[C@H]3CNC[C@H]3C2)oc2ccccc12. The van der Waals surface area contributed by atoms with Crippen molar-refractivity contribution < 1.29 is 9.21 Å². The topological polar surface area (TPSA) is 45.5 Å². The van der Waals surface area contributed by atoms with Gasteiger partial charge in [-0.3, -0.25) is 4.79 Å². The Labute approximate surface area is 117 Å². The van der Waals surface area contributed by atoms with Crippen LogP contribution in [0.4, 0.5) is 0 Å². The number of para-hydroxylation sites is 1. The average molecular weight is 270 g/mol. The van der Waals surface area contributed by atoms with Gasteiger partial charge in [-0.15, -0.1) is 0 Å². The molecule has 3 heterocycles. The normalized spacial score (nSPS) is 25.4.